The van der Waals surface area contributed by atoms with E-state index in [0.29, 0.717) is 17.4 Å². The van der Waals surface area contributed by atoms with Crippen LogP contribution in [0, 0.1) is 11.3 Å². The molecule has 7 heteroatoms. The Bertz CT molecular complexity index is 1200. The summed E-state index contributed by atoms with van der Waals surface area (Å²) in [5, 5.41) is 14.9. The molecule has 164 valence electrons. The lowest BCUT2D eigenvalue weighted by Gasteiger charge is -2.27. The van der Waals surface area contributed by atoms with Gasteiger partial charge >= 0.3 is 0 Å². The maximum absolute atomic E-state index is 9.99. The SMILES string of the molecule is CCc1nccn1-c1ccc(C2C(C#N)=C(N)Oc3c2c(C2CCCCC2)nn3C)cc1. The van der Waals surface area contributed by atoms with E-state index in [4.69, 9.17) is 15.6 Å². The fraction of sp³-hybridized carbons (Fsp3) is 0.400. The molecule has 0 saturated heterocycles. The summed E-state index contributed by atoms with van der Waals surface area (Å²) in [7, 11) is 1.89. The maximum atomic E-state index is 9.99. The van der Waals surface area contributed by atoms with Gasteiger partial charge in [0.15, 0.2) is 0 Å². The van der Waals surface area contributed by atoms with Gasteiger partial charge in [0.05, 0.1) is 17.2 Å². The molecule has 2 aliphatic rings. The average molecular weight is 429 g/mol. The van der Waals surface area contributed by atoms with Crippen molar-refractivity contribution in [3.05, 3.63) is 70.8 Å². The smallest absolute Gasteiger partial charge is 0.224 e. The molecule has 0 amide bonds. The molecule has 1 unspecified atom stereocenters. The molecule has 3 heterocycles. The largest absolute Gasteiger partial charge is 0.422 e. The molecule has 1 aliphatic carbocycles. The van der Waals surface area contributed by atoms with E-state index in [1.54, 1.807) is 4.68 Å². The summed E-state index contributed by atoms with van der Waals surface area (Å²) in [5.41, 5.74) is 10.8. The van der Waals surface area contributed by atoms with Crippen LogP contribution in [0.1, 0.15) is 73.5 Å². The molecule has 1 fully saturated rings. The highest BCUT2D eigenvalue weighted by molar-refractivity contribution is 5.57. The first-order valence-electron chi connectivity index (χ1n) is 11.4. The van der Waals surface area contributed by atoms with Gasteiger partial charge in [0.1, 0.15) is 17.5 Å². The number of benzene rings is 1. The molecule has 2 N–H and O–H groups in total. The molecule has 1 atom stereocenters. The first kappa shape index (κ1) is 20.4. The van der Waals surface area contributed by atoms with Crippen molar-refractivity contribution < 1.29 is 4.74 Å². The van der Waals surface area contributed by atoms with Crippen molar-refractivity contribution in [2.24, 2.45) is 12.8 Å². The molecule has 2 aromatic heterocycles. The van der Waals surface area contributed by atoms with Crippen molar-refractivity contribution in [2.75, 3.05) is 0 Å². The molecule has 0 radical (unpaired) electrons. The van der Waals surface area contributed by atoms with Crippen LogP contribution in [-0.4, -0.2) is 19.3 Å². The highest BCUT2D eigenvalue weighted by atomic mass is 16.5. The Labute approximate surface area is 188 Å². The van der Waals surface area contributed by atoms with Gasteiger partial charge in [0, 0.05) is 37.5 Å². The van der Waals surface area contributed by atoms with Crippen LogP contribution >= 0.6 is 0 Å². The second kappa shape index (κ2) is 8.19. The number of aromatic nitrogens is 4. The maximum Gasteiger partial charge on any atom is 0.224 e. The number of hydrogen-bond donors (Lipinski definition) is 1. The number of aryl methyl sites for hydroxylation is 2. The van der Waals surface area contributed by atoms with E-state index in [0.717, 1.165) is 47.6 Å². The number of ether oxygens (including phenoxy) is 1. The van der Waals surface area contributed by atoms with Gasteiger partial charge in [0.2, 0.25) is 11.8 Å². The summed E-state index contributed by atoms with van der Waals surface area (Å²) >= 11 is 0. The van der Waals surface area contributed by atoms with Gasteiger partial charge < -0.3 is 15.0 Å². The van der Waals surface area contributed by atoms with Crippen LogP contribution in [0.4, 0.5) is 0 Å². The van der Waals surface area contributed by atoms with Gasteiger partial charge in [-0.15, -0.1) is 0 Å². The van der Waals surface area contributed by atoms with Crippen LogP contribution in [0.15, 0.2) is 48.1 Å². The van der Waals surface area contributed by atoms with Gasteiger partial charge in [-0.3, -0.25) is 0 Å². The molecule has 0 bridgehead atoms. The summed E-state index contributed by atoms with van der Waals surface area (Å²) in [4.78, 5) is 4.42. The molecule has 0 spiro atoms. The van der Waals surface area contributed by atoms with E-state index >= 15 is 0 Å². The van der Waals surface area contributed by atoms with Gasteiger partial charge in [-0.1, -0.05) is 38.3 Å². The predicted octanol–water partition coefficient (Wildman–Crippen LogP) is 4.43. The number of nitriles is 1. The zero-order valence-corrected chi connectivity index (χ0v) is 18.6. The standard InChI is InChI=1S/C25H28N6O/c1-3-20-28-13-14-31(20)18-11-9-16(10-12-18)21-19(15-26)24(27)32-25-22(21)23(29-30(25)2)17-7-5-4-6-8-17/h9-14,17,21H,3-8,27H2,1-2H3. The lowest BCUT2D eigenvalue weighted by Crippen LogP contribution is -2.22. The third kappa shape index (κ3) is 3.27. The van der Waals surface area contributed by atoms with Crippen LogP contribution in [0.3, 0.4) is 0 Å². The number of allylic oxidation sites excluding steroid dienone is 1. The van der Waals surface area contributed by atoms with E-state index in [1.165, 1.54) is 19.3 Å². The number of nitrogens with two attached hydrogens (primary N) is 1. The second-order valence-corrected chi connectivity index (χ2v) is 8.65. The number of imidazole rings is 1. The topological polar surface area (TPSA) is 94.7 Å². The van der Waals surface area contributed by atoms with Crippen molar-refractivity contribution in [3.63, 3.8) is 0 Å². The Morgan fingerprint density at radius 1 is 1.19 bits per heavy atom. The monoisotopic (exact) mass is 428 g/mol. The number of rotatable bonds is 4. The Balaban J connectivity index is 1.61. The van der Waals surface area contributed by atoms with Crippen LogP contribution in [-0.2, 0) is 13.5 Å². The molecular weight excluding hydrogens is 400 g/mol. The minimum Gasteiger partial charge on any atom is -0.422 e. The van der Waals surface area contributed by atoms with Crippen LogP contribution < -0.4 is 10.5 Å². The van der Waals surface area contributed by atoms with Gasteiger partial charge in [-0.2, -0.15) is 10.4 Å². The second-order valence-electron chi connectivity index (χ2n) is 8.65. The number of fused-ring (bicyclic) bond motifs is 1. The van der Waals surface area contributed by atoms with Gasteiger partial charge in [0.25, 0.3) is 0 Å². The Kier molecular flexibility index (Phi) is 5.22. The van der Waals surface area contributed by atoms with Crippen molar-refractivity contribution in [1.82, 2.24) is 19.3 Å². The fourth-order valence-electron chi connectivity index (χ4n) is 5.17. The van der Waals surface area contributed by atoms with E-state index in [2.05, 4.69) is 46.8 Å². The van der Waals surface area contributed by atoms with Crippen molar-refractivity contribution in [3.8, 4) is 17.6 Å². The Morgan fingerprint density at radius 3 is 2.62 bits per heavy atom. The van der Waals surface area contributed by atoms with Crippen LogP contribution in [0.25, 0.3) is 5.69 Å². The Hall–Kier alpha value is -3.53. The molecule has 3 aromatic rings. The third-order valence-corrected chi connectivity index (χ3v) is 6.76. The molecular formula is C25H28N6O. The number of hydrogen-bond acceptors (Lipinski definition) is 5. The zero-order valence-electron chi connectivity index (χ0n) is 18.6. The summed E-state index contributed by atoms with van der Waals surface area (Å²) in [6, 6.07) is 10.6. The van der Waals surface area contributed by atoms with Gasteiger partial charge in [-0.25, -0.2) is 9.67 Å². The predicted molar refractivity (Wildman–Crippen MR) is 121 cm³/mol. The molecule has 1 aliphatic heterocycles. The fourth-order valence-corrected chi connectivity index (χ4v) is 5.17. The average Bonchev–Trinajstić information content (AvgIpc) is 3.43. The normalized spacial score (nSPS) is 18.8. The van der Waals surface area contributed by atoms with Crippen molar-refractivity contribution in [1.29, 1.82) is 5.26 Å². The Morgan fingerprint density at radius 2 is 1.94 bits per heavy atom. The third-order valence-electron chi connectivity index (χ3n) is 6.76. The quantitative estimate of drug-likeness (QED) is 0.663. The lowest BCUT2D eigenvalue weighted by atomic mass is 9.78. The summed E-state index contributed by atoms with van der Waals surface area (Å²) in [6.45, 7) is 2.10. The minimum atomic E-state index is -0.281. The highest BCUT2D eigenvalue weighted by Gasteiger charge is 2.38. The lowest BCUT2D eigenvalue weighted by molar-refractivity contribution is 0.358. The van der Waals surface area contributed by atoms with Gasteiger partial charge in [-0.05, 0) is 30.5 Å². The van der Waals surface area contributed by atoms with E-state index in [9.17, 15) is 5.26 Å². The highest BCUT2D eigenvalue weighted by Crippen LogP contribution is 2.47. The van der Waals surface area contributed by atoms with E-state index in [-0.39, 0.29) is 11.8 Å². The first-order chi connectivity index (χ1) is 15.6. The molecule has 5 rings (SSSR count). The summed E-state index contributed by atoms with van der Waals surface area (Å²) in [5.74, 6) is 1.94. The first-order valence-corrected chi connectivity index (χ1v) is 11.4. The molecule has 1 aromatic carbocycles. The van der Waals surface area contributed by atoms with Crippen LogP contribution in [0.2, 0.25) is 0 Å². The number of nitrogens with zero attached hydrogens (tertiary/aromatic N) is 5. The molecule has 32 heavy (non-hydrogen) atoms. The summed E-state index contributed by atoms with van der Waals surface area (Å²) in [6.07, 6.45) is 10.6. The minimum absolute atomic E-state index is 0.162. The van der Waals surface area contributed by atoms with Crippen LogP contribution in [0.5, 0.6) is 5.88 Å². The molecule has 1 saturated carbocycles. The van der Waals surface area contributed by atoms with Crippen molar-refractivity contribution >= 4 is 0 Å². The van der Waals surface area contributed by atoms with E-state index < -0.39 is 0 Å². The summed E-state index contributed by atoms with van der Waals surface area (Å²) < 4.78 is 9.79. The van der Waals surface area contributed by atoms with E-state index in [1.807, 2.05) is 19.4 Å². The van der Waals surface area contributed by atoms with Crippen molar-refractivity contribution in [2.45, 2.75) is 57.3 Å². The zero-order chi connectivity index (χ0) is 22.2. The molecule has 7 nitrogen and oxygen atoms in total.